The van der Waals surface area contributed by atoms with Gasteiger partial charge in [-0.1, -0.05) is 26.2 Å². The zero-order valence-corrected chi connectivity index (χ0v) is 12.9. The van der Waals surface area contributed by atoms with Gasteiger partial charge in [-0.25, -0.2) is 4.98 Å². The second-order valence-electron chi connectivity index (χ2n) is 5.99. The predicted molar refractivity (Wildman–Crippen MR) is 83.6 cm³/mol. The van der Waals surface area contributed by atoms with Crippen LogP contribution < -0.4 is 11.3 Å². The van der Waals surface area contributed by atoms with Gasteiger partial charge in [-0.15, -0.1) is 11.3 Å². The Bertz CT molecular complexity index is 510. The zero-order chi connectivity index (χ0) is 13.9. The van der Waals surface area contributed by atoms with Crippen molar-refractivity contribution in [2.24, 2.45) is 17.7 Å². The Morgan fingerprint density at radius 3 is 2.90 bits per heavy atom. The van der Waals surface area contributed by atoms with Crippen LogP contribution in [-0.4, -0.2) is 15.4 Å². The summed E-state index contributed by atoms with van der Waals surface area (Å²) in [6.07, 6.45) is 11.8. The summed E-state index contributed by atoms with van der Waals surface area (Å²) in [6.45, 7) is 2.31. The summed E-state index contributed by atoms with van der Waals surface area (Å²) in [7, 11) is 0. The van der Waals surface area contributed by atoms with E-state index in [4.69, 9.17) is 5.84 Å². The third-order valence-electron chi connectivity index (χ3n) is 4.82. The van der Waals surface area contributed by atoms with Gasteiger partial charge in [0.15, 0.2) is 4.96 Å². The molecule has 2 aromatic rings. The van der Waals surface area contributed by atoms with E-state index in [1.165, 1.54) is 32.1 Å². The largest absolute Gasteiger partial charge is 0.297 e. The average Bonchev–Trinajstić information content (AvgIpc) is 3.06. The Balaban J connectivity index is 1.63. The molecule has 0 spiro atoms. The maximum atomic E-state index is 5.81. The van der Waals surface area contributed by atoms with Gasteiger partial charge in [0.25, 0.3) is 0 Å². The number of thiazole rings is 1. The van der Waals surface area contributed by atoms with Gasteiger partial charge in [0, 0.05) is 30.2 Å². The van der Waals surface area contributed by atoms with Crippen LogP contribution in [0.3, 0.4) is 0 Å². The molecule has 0 amide bonds. The van der Waals surface area contributed by atoms with Crippen LogP contribution in [0.25, 0.3) is 4.96 Å². The van der Waals surface area contributed by atoms with Crippen LogP contribution in [0, 0.1) is 11.8 Å². The molecular formula is C15H24N4S. The predicted octanol–water partition coefficient (Wildman–Crippen LogP) is 2.99. The van der Waals surface area contributed by atoms with Gasteiger partial charge in [0.2, 0.25) is 0 Å². The molecule has 5 heteroatoms. The van der Waals surface area contributed by atoms with Gasteiger partial charge < -0.3 is 0 Å². The van der Waals surface area contributed by atoms with E-state index in [1.807, 2.05) is 0 Å². The molecule has 1 aliphatic rings. The second kappa shape index (κ2) is 6.24. The van der Waals surface area contributed by atoms with Gasteiger partial charge in [0.05, 0.1) is 5.69 Å². The van der Waals surface area contributed by atoms with Crippen molar-refractivity contribution in [1.29, 1.82) is 0 Å². The van der Waals surface area contributed by atoms with Crippen molar-refractivity contribution < 1.29 is 0 Å². The SMILES string of the molecule is CCC1CCC(C(Cc2cn3ccsc3n2)NN)CC1. The van der Waals surface area contributed by atoms with Gasteiger partial charge in [-0.3, -0.25) is 15.7 Å². The smallest absolute Gasteiger partial charge is 0.193 e. The van der Waals surface area contributed by atoms with Crippen molar-refractivity contribution in [1.82, 2.24) is 14.8 Å². The van der Waals surface area contributed by atoms with Crippen molar-refractivity contribution in [3.63, 3.8) is 0 Å². The molecule has 0 bridgehead atoms. The molecular weight excluding hydrogens is 268 g/mol. The molecule has 1 atom stereocenters. The Kier molecular flexibility index (Phi) is 4.38. The molecule has 0 aromatic carbocycles. The van der Waals surface area contributed by atoms with Crippen LogP contribution in [0.2, 0.25) is 0 Å². The molecule has 2 heterocycles. The minimum Gasteiger partial charge on any atom is -0.297 e. The standard InChI is InChI=1S/C15H24N4S/c1-2-11-3-5-12(6-4-11)14(18-16)9-13-10-19-7-8-20-15(19)17-13/h7-8,10-12,14,18H,2-6,9,16H2,1H3. The highest BCUT2D eigenvalue weighted by Crippen LogP contribution is 2.33. The molecule has 20 heavy (non-hydrogen) atoms. The number of nitrogens with one attached hydrogen (secondary N) is 1. The molecule has 0 saturated heterocycles. The lowest BCUT2D eigenvalue weighted by Gasteiger charge is -2.33. The van der Waals surface area contributed by atoms with E-state index < -0.39 is 0 Å². The van der Waals surface area contributed by atoms with Crippen molar-refractivity contribution in [2.75, 3.05) is 0 Å². The number of hydrogen-bond acceptors (Lipinski definition) is 4. The molecule has 1 aliphatic carbocycles. The highest BCUT2D eigenvalue weighted by Gasteiger charge is 2.27. The van der Waals surface area contributed by atoms with Crippen LogP contribution in [0.5, 0.6) is 0 Å². The third-order valence-corrected chi connectivity index (χ3v) is 5.59. The van der Waals surface area contributed by atoms with Crippen LogP contribution in [0.15, 0.2) is 17.8 Å². The molecule has 1 unspecified atom stereocenters. The summed E-state index contributed by atoms with van der Waals surface area (Å²) in [5, 5.41) is 2.07. The number of aromatic nitrogens is 2. The summed E-state index contributed by atoms with van der Waals surface area (Å²) in [5.41, 5.74) is 4.19. The number of fused-ring (bicyclic) bond motifs is 1. The maximum Gasteiger partial charge on any atom is 0.193 e. The summed E-state index contributed by atoms with van der Waals surface area (Å²) < 4.78 is 2.10. The van der Waals surface area contributed by atoms with Crippen molar-refractivity contribution in [3.8, 4) is 0 Å². The monoisotopic (exact) mass is 292 g/mol. The molecule has 4 nitrogen and oxygen atoms in total. The molecule has 0 radical (unpaired) electrons. The fraction of sp³-hybridized carbons (Fsp3) is 0.667. The topological polar surface area (TPSA) is 55.3 Å². The van der Waals surface area contributed by atoms with E-state index in [9.17, 15) is 0 Å². The number of nitrogens with zero attached hydrogens (tertiary/aromatic N) is 2. The summed E-state index contributed by atoms with van der Waals surface area (Å²) in [6, 6.07) is 0.359. The second-order valence-corrected chi connectivity index (χ2v) is 6.86. The molecule has 0 aliphatic heterocycles. The van der Waals surface area contributed by atoms with E-state index >= 15 is 0 Å². The molecule has 1 fully saturated rings. The third kappa shape index (κ3) is 2.90. The van der Waals surface area contributed by atoms with E-state index in [0.717, 1.165) is 23.0 Å². The van der Waals surface area contributed by atoms with Crippen LogP contribution in [0.4, 0.5) is 0 Å². The number of hydrogen-bond donors (Lipinski definition) is 2. The van der Waals surface area contributed by atoms with Gasteiger partial charge in [-0.05, 0) is 24.7 Å². The lowest BCUT2D eigenvalue weighted by molar-refractivity contribution is 0.216. The minimum atomic E-state index is 0.359. The first-order valence-electron chi connectivity index (χ1n) is 7.67. The average molecular weight is 292 g/mol. The summed E-state index contributed by atoms with van der Waals surface area (Å²) in [5.74, 6) is 7.44. The summed E-state index contributed by atoms with van der Waals surface area (Å²) in [4.78, 5) is 5.75. The van der Waals surface area contributed by atoms with Gasteiger partial charge in [0.1, 0.15) is 0 Å². The quantitative estimate of drug-likeness (QED) is 0.658. The number of imidazole rings is 1. The Morgan fingerprint density at radius 1 is 1.45 bits per heavy atom. The fourth-order valence-electron chi connectivity index (χ4n) is 3.46. The highest BCUT2D eigenvalue weighted by atomic mass is 32.1. The summed E-state index contributed by atoms with van der Waals surface area (Å²) >= 11 is 1.68. The highest BCUT2D eigenvalue weighted by molar-refractivity contribution is 7.15. The van der Waals surface area contributed by atoms with E-state index in [0.29, 0.717) is 12.0 Å². The van der Waals surface area contributed by atoms with Crippen molar-refractivity contribution >= 4 is 16.3 Å². The lowest BCUT2D eigenvalue weighted by atomic mass is 9.77. The Hall–Kier alpha value is -0.910. The van der Waals surface area contributed by atoms with Gasteiger partial charge in [-0.2, -0.15) is 0 Å². The molecule has 110 valence electrons. The lowest BCUT2D eigenvalue weighted by Crippen LogP contribution is -2.43. The molecule has 2 aromatic heterocycles. The van der Waals surface area contributed by atoms with E-state index in [-0.39, 0.29) is 0 Å². The number of hydrazine groups is 1. The number of nitrogens with two attached hydrogens (primary N) is 1. The molecule has 3 rings (SSSR count). The normalized spacial score (nSPS) is 25.1. The fourth-order valence-corrected chi connectivity index (χ4v) is 4.18. The first kappa shape index (κ1) is 14.0. The van der Waals surface area contributed by atoms with Gasteiger partial charge >= 0.3 is 0 Å². The van der Waals surface area contributed by atoms with Crippen molar-refractivity contribution in [3.05, 3.63) is 23.5 Å². The molecule has 1 saturated carbocycles. The van der Waals surface area contributed by atoms with Crippen LogP contribution in [0.1, 0.15) is 44.7 Å². The minimum absolute atomic E-state index is 0.359. The van der Waals surface area contributed by atoms with E-state index in [1.54, 1.807) is 11.3 Å². The first-order chi connectivity index (χ1) is 9.80. The van der Waals surface area contributed by atoms with Crippen LogP contribution in [-0.2, 0) is 6.42 Å². The number of rotatable bonds is 5. The van der Waals surface area contributed by atoms with Crippen LogP contribution >= 0.6 is 11.3 Å². The molecule has 3 N–H and O–H groups in total. The van der Waals surface area contributed by atoms with E-state index in [2.05, 4.69) is 39.5 Å². The Labute approximate surface area is 124 Å². The Morgan fingerprint density at radius 2 is 2.25 bits per heavy atom. The van der Waals surface area contributed by atoms with Crippen molar-refractivity contribution in [2.45, 2.75) is 51.5 Å². The zero-order valence-electron chi connectivity index (χ0n) is 12.1. The first-order valence-corrected chi connectivity index (χ1v) is 8.55. The maximum absolute atomic E-state index is 5.81.